The maximum Gasteiger partial charge on any atom is 0.294 e. The minimum atomic E-state index is -4.60. The van der Waals surface area contributed by atoms with E-state index in [0.717, 1.165) is 42.5 Å². The van der Waals surface area contributed by atoms with Crippen LogP contribution in [0.2, 0.25) is 0 Å². The molecule has 0 spiro atoms. The van der Waals surface area contributed by atoms with Crippen molar-refractivity contribution in [3.8, 4) is 0 Å². The first kappa shape index (κ1) is 18.4. The highest BCUT2D eigenvalue weighted by Crippen LogP contribution is 2.28. The van der Waals surface area contributed by atoms with Gasteiger partial charge in [0, 0.05) is 0 Å². The molecule has 0 saturated carbocycles. The molecule has 0 bridgehead atoms. The number of anilines is 1. The zero-order valence-corrected chi connectivity index (χ0v) is 14.3. The molecule has 5 N–H and O–H groups in total. The zero-order chi connectivity index (χ0) is 18.3. The fraction of sp³-hybridized carbons (Fsp3) is 0. The van der Waals surface area contributed by atoms with Gasteiger partial charge in [0.25, 0.3) is 10.1 Å². The third kappa shape index (κ3) is 3.57. The summed E-state index contributed by atoms with van der Waals surface area (Å²) in [4.78, 5) is -1.84. The van der Waals surface area contributed by atoms with Gasteiger partial charge in [-0.05, 0) is 36.4 Å². The largest absolute Gasteiger partial charge is 0.398 e. The summed E-state index contributed by atoms with van der Waals surface area (Å²) in [7, 11) is -12.9. The lowest BCUT2D eigenvalue weighted by molar-refractivity contribution is 0.483. The second-order valence-electron chi connectivity index (χ2n) is 4.70. The molecule has 0 heterocycles. The summed E-state index contributed by atoms with van der Waals surface area (Å²) in [6.45, 7) is 0. The van der Waals surface area contributed by atoms with Gasteiger partial charge in [-0.15, -0.1) is 0 Å². The molecule has 0 fully saturated rings. The van der Waals surface area contributed by atoms with E-state index < -0.39 is 44.7 Å². The molecule has 2 aromatic carbocycles. The summed E-state index contributed by atoms with van der Waals surface area (Å²) in [5.74, 6) is 0. The van der Waals surface area contributed by atoms with Crippen LogP contribution in [0.5, 0.6) is 0 Å². The number of sulfone groups is 1. The molecule has 130 valence electrons. The van der Waals surface area contributed by atoms with Crippen LogP contribution in [0.4, 0.5) is 5.69 Å². The maximum atomic E-state index is 12.6. The van der Waals surface area contributed by atoms with Crippen LogP contribution in [0.1, 0.15) is 0 Å². The summed E-state index contributed by atoms with van der Waals surface area (Å²) in [6.07, 6.45) is 0. The second kappa shape index (κ2) is 5.82. The molecule has 0 radical (unpaired) electrons. The minimum absolute atomic E-state index is 0.370. The highest BCUT2D eigenvalue weighted by Gasteiger charge is 2.24. The molecule has 0 saturated heterocycles. The lowest BCUT2D eigenvalue weighted by Crippen LogP contribution is -2.14. The number of sulfonamides is 1. The lowest BCUT2D eigenvalue weighted by atomic mass is 10.3. The van der Waals surface area contributed by atoms with Crippen molar-refractivity contribution < 1.29 is 29.8 Å². The van der Waals surface area contributed by atoms with Crippen LogP contribution in [0, 0.1) is 0 Å². The molecular weight excluding hydrogens is 380 g/mol. The number of nitrogens with two attached hydrogens (primary N) is 2. The standard InChI is InChI=1S/C12H12N2O7S3/c13-11-7-9(23(14,17)18)4-5-12(11)22(15,16)8-2-1-3-10(6-8)24(19,20)21/h1-7H,13H2,(H2,14,17,18)(H,19,20,21). The number of hydrogen-bond donors (Lipinski definition) is 3. The molecule has 2 rings (SSSR count). The van der Waals surface area contributed by atoms with E-state index >= 15 is 0 Å². The highest BCUT2D eigenvalue weighted by molar-refractivity contribution is 7.91. The first-order valence-electron chi connectivity index (χ1n) is 6.08. The third-order valence-corrected chi connectivity index (χ3v) is 6.60. The Hall–Kier alpha value is -1.99. The number of nitrogen functional groups attached to an aromatic ring is 1. The summed E-state index contributed by atoms with van der Waals surface area (Å²) in [5, 5.41) is 4.94. The Kier molecular flexibility index (Phi) is 4.45. The van der Waals surface area contributed by atoms with Crippen LogP contribution < -0.4 is 10.9 Å². The van der Waals surface area contributed by atoms with Crippen LogP contribution in [0.3, 0.4) is 0 Å². The minimum Gasteiger partial charge on any atom is -0.398 e. The van der Waals surface area contributed by atoms with Crippen LogP contribution in [0.25, 0.3) is 0 Å². The fourth-order valence-corrected chi connectivity index (χ4v) is 4.44. The Labute approximate surface area is 138 Å². The van der Waals surface area contributed by atoms with Gasteiger partial charge in [0.2, 0.25) is 19.9 Å². The van der Waals surface area contributed by atoms with Gasteiger partial charge >= 0.3 is 0 Å². The number of hydrogen-bond acceptors (Lipinski definition) is 7. The first-order valence-corrected chi connectivity index (χ1v) is 10.6. The molecular formula is C12H12N2O7S3. The number of primary sulfonamides is 1. The number of benzene rings is 2. The van der Waals surface area contributed by atoms with Crippen molar-refractivity contribution in [1.29, 1.82) is 0 Å². The molecule has 0 aliphatic carbocycles. The molecule has 0 aliphatic heterocycles. The normalized spacial score (nSPS) is 12.9. The third-order valence-electron chi connectivity index (χ3n) is 3.01. The molecule has 0 unspecified atom stereocenters. The predicted octanol–water partition coefficient (Wildman–Crippen LogP) is -0.00430. The monoisotopic (exact) mass is 392 g/mol. The van der Waals surface area contributed by atoms with Gasteiger partial charge in [-0.3, -0.25) is 4.55 Å². The topological polar surface area (TPSA) is 175 Å². The Morgan fingerprint density at radius 2 is 1.38 bits per heavy atom. The van der Waals surface area contributed by atoms with Crippen LogP contribution >= 0.6 is 0 Å². The molecule has 0 amide bonds. The molecule has 24 heavy (non-hydrogen) atoms. The van der Waals surface area contributed by atoms with Crippen molar-refractivity contribution in [2.24, 2.45) is 5.14 Å². The van der Waals surface area contributed by atoms with E-state index in [9.17, 15) is 25.3 Å². The van der Waals surface area contributed by atoms with E-state index in [1.807, 2.05) is 0 Å². The highest BCUT2D eigenvalue weighted by atomic mass is 32.2. The Balaban J connectivity index is 2.65. The van der Waals surface area contributed by atoms with Gasteiger partial charge in [-0.25, -0.2) is 22.0 Å². The Bertz CT molecular complexity index is 1120. The lowest BCUT2D eigenvalue weighted by Gasteiger charge is -2.09. The fourth-order valence-electron chi connectivity index (χ4n) is 1.88. The Morgan fingerprint density at radius 1 is 0.792 bits per heavy atom. The summed E-state index contributed by atoms with van der Waals surface area (Å²) in [6, 6.07) is 6.81. The van der Waals surface area contributed by atoms with E-state index in [1.54, 1.807) is 0 Å². The van der Waals surface area contributed by atoms with E-state index in [4.69, 9.17) is 15.4 Å². The van der Waals surface area contributed by atoms with Gasteiger partial charge < -0.3 is 5.73 Å². The van der Waals surface area contributed by atoms with Crippen molar-refractivity contribution in [2.75, 3.05) is 5.73 Å². The quantitative estimate of drug-likeness (QED) is 0.481. The van der Waals surface area contributed by atoms with E-state index in [1.165, 1.54) is 0 Å². The van der Waals surface area contributed by atoms with Crippen LogP contribution in [-0.4, -0.2) is 29.8 Å². The average Bonchev–Trinajstić information content (AvgIpc) is 2.45. The molecule has 0 aromatic heterocycles. The van der Waals surface area contributed by atoms with Crippen molar-refractivity contribution in [1.82, 2.24) is 0 Å². The van der Waals surface area contributed by atoms with Gasteiger partial charge in [0.1, 0.15) is 0 Å². The van der Waals surface area contributed by atoms with E-state index in [0.29, 0.717) is 0 Å². The van der Waals surface area contributed by atoms with Gasteiger partial charge in [-0.2, -0.15) is 8.42 Å². The molecule has 0 aliphatic rings. The van der Waals surface area contributed by atoms with E-state index in [2.05, 4.69) is 0 Å². The second-order valence-corrected chi connectivity index (χ2v) is 9.60. The zero-order valence-electron chi connectivity index (χ0n) is 11.8. The SMILES string of the molecule is Nc1cc(S(N)(=O)=O)ccc1S(=O)(=O)c1cccc(S(=O)(=O)O)c1. The predicted molar refractivity (Wildman–Crippen MR) is 83.9 cm³/mol. The van der Waals surface area contributed by atoms with E-state index in [-0.39, 0.29) is 10.6 Å². The van der Waals surface area contributed by atoms with Crippen molar-refractivity contribution in [2.45, 2.75) is 19.6 Å². The average molecular weight is 392 g/mol. The van der Waals surface area contributed by atoms with Crippen molar-refractivity contribution in [3.63, 3.8) is 0 Å². The first-order chi connectivity index (χ1) is 10.8. The summed E-state index contributed by atoms with van der Waals surface area (Å²) in [5.41, 5.74) is 5.22. The maximum absolute atomic E-state index is 12.6. The van der Waals surface area contributed by atoms with Crippen molar-refractivity contribution >= 4 is 35.7 Å². The van der Waals surface area contributed by atoms with Crippen LogP contribution in [-0.2, 0) is 30.0 Å². The van der Waals surface area contributed by atoms with Crippen LogP contribution in [0.15, 0.2) is 62.0 Å². The van der Waals surface area contributed by atoms with Gasteiger partial charge in [-0.1, -0.05) is 6.07 Å². The Morgan fingerprint density at radius 3 is 1.88 bits per heavy atom. The van der Waals surface area contributed by atoms with Crippen molar-refractivity contribution in [3.05, 3.63) is 42.5 Å². The van der Waals surface area contributed by atoms with Gasteiger partial charge in [0.05, 0.1) is 25.3 Å². The molecule has 0 atom stereocenters. The van der Waals surface area contributed by atoms with Gasteiger partial charge in [0.15, 0.2) is 0 Å². The smallest absolute Gasteiger partial charge is 0.294 e. The summed E-state index contributed by atoms with van der Waals surface area (Å²) >= 11 is 0. The molecule has 2 aromatic rings. The molecule has 9 nitrogen and oxygen atoms in total. The molecule has 12 heteroatoms. The summed E-state index contributed by atoms with van der Waals surface area (Å²) < 4.78 is 78.9. The number of rotatable bonds is 4.